The summed E-state index contributed by atoms with van der Waals surface area (Å²) in [7, 11) is 0. The van der Waals surface area contributed by atoms with Crippen molar-refractivity contribution in [2.45, 2.75) is 24.9 Å². The highest BCUT2D eigenvalue weighted by Gasteiger charge is 2.13. The first kappa shape index (κ1) is 30.9. The molecular weight excluding hydrogens is 587 g/mol. The molecule has 2 aromatic heterocycles. The van der Waals surface area contributed by atoms with Crippen molar-refractivity contribution in [1.82, 2.24) is 29.7 Å². The Morgan fingerprint density at radius 1 is 0.860 bits per heavy atom. The largest absolute Gasteiger partial charge is 0.334 e. The zero-order valence-corrected chi connectivity index (χ0v) is 24.8. The van der Waals surface area contributed by atoms with Crippen LogP contribution in [0.3, 0.4) is 0 Å². The van der Waals surface area contributed by atoms with Crippen LogP contribution < -0.4 is 28.1 Å². The minimum atomic E-state index is -0.421. The van der Waals surface area contributed by atoms with Crippen molar-refractivity contribution in [3.63, 3.8) is 0 Å². The SMILES string of the molecule is Cc1cccc(NC(=O)CSc2nnc(Cc3ccccc3)c(=O)n2N)c1.Nn1c(=S)[nH]nc(Cc2ccccc2)c1=O. The molecule has 3 aromatic carbocycles. The Balaban J connectivity index is 0.000000225. The fourth-order valence-electron chi connectivity index (χ4n) is 3.82. The van der Waals surface area contributed by atoms with E-state index in [2.05, 4.69) is 25.7 Å². The molecule has 5 aromatic rings. The molecule has 5 rings (SSSR count). The number of carbonyl (C=O) groups is 1. The van der Waals surface area contributed by atoms with Gasteiger partial charge in [0, 0.05) is 18.5 Å². The van der Waals surface area contributed by atoms with Crippen molar-refractivity contribution >= 4 is 35.6 Å². The van der Waals surface area contributed by atoms with Crippen molar-refractivity contribution in [1.29, 1.82) is 0 Å². The summed E-state index contributed by atoms with van der Waals surface area (Å²) in [6.07, 6.45) is 0.783. The molecule has 0 bridgehead atoms. The highest BCUT2D eigenvalue weighted by atomic mass is 32.2. The quantitative estimate of drug-likeness (QED) is 0.115. The lowest BCUT2D eigenvalue weighted by Crippen LogP contribution is -2.34. The molecule has 12 nitrogen and oxygen atoms in total. The van der Waals surface area contributed by atoms with E-state index in [0.717, 1.165) is 43.5 Å². The smallest absolute Gasteiger partial charge is 0.295 e. The van der Waals surface area contributed by atoms with Crippen LogP contribution in [-0.4, -0.2) is 41.4 Å². The molecular formula is C29H29N9O3S2. The number of carbonyl (C=O) groups excluding carboxylic acids is 1. The van der Waals surface area contributed by atoms with E-state index in [4.69, 9.17) is 23.9 Å². The summed E-state index contributed by atoms with van der Waals surface area (Å²) in [4.78, 5) is 36.2. The number of nitrogens with one attached hydrogen (secondary N) is 2. The molecule has 0 radical (unpaired) electrons. The van der Waals surface area contributed by atoms with Gasteiger partial charge in [-0.1, -0.05) is 84.6 Å². The highest BCUT2D eigenvalue weighted by molar-refractivity contribution is 7.99. The number of hydrogen-bond acceptors (Lipinski definition) is 10. The fraction of sp³-hybridized carbons (Fsp3) is 0.138. The maximum atomic E-state index is 12.4. The maximum Gasteiger partial charge on any atom is 0.295 e. The van der Waals surface area contributed by atoms with Crippen LogP contribution in [0, 0.1) is 11.7 Å². The van der Waals surface area contributed by atoms with E-state index < -0.39 is 5.56 Å². The van der Waals surface area contributed by atoms with Crippen molar-refractivity contribution < 1.29 is 4.79 Å². The summed E-state index contributed by atoms with van der Waals surface area (Å²) in [5.74, 6) is 11.2. The number of anilines is 1. The number of aromatic nitrogens is 6. The van der Waals surface area contributed by atoms with Crippen LogP contribution in [0.2, 0.25) is 0 Å². The van der Waals surface area contributed by atoms with E-state index in [0.29, 0.717) is 18.5 Å². The van der Waals surface area contributed by atoms with Crippen LogP contribution in [0.1, 0.15) is 28.1 Å². The fourth-order valence-corrected chi connectivity index (χ4v) is 4.60. The second-order valence-corrected chi connectivity index (χ2v) is 10.6. The summed E-state index contributed by atoms with van der Waals surface area (Å²) >= 11 is 5.84. The van der Waals surface area contributed by atoms with Gasteiger partial charge in [-0.15, -0.1) is 10.2 Å². The number of hydrogen-bond donors (Lipinski definition) is 4. The maximum absolute atomic E-state index is 12.4. The first-order valence-corrected chi connectivity index (χ1v) is 14.4. The average molecular weight is 616 g/mol. The molecule has 0 fully saturated rings. The molecule has 0 aliphatic carbocycles. The molecule has 14 heteroatoms. The molecule has 0 aliphatic rings. The van der Waals surface area contributed by atoms with Gasteiger partial charge in [-0.2, -0.15) is 14.5 Å². The zero-order valence-electron chi connectivity index (χ0n) is 23.1. The van der Waals surface area contributed by atoms with Gasteiger partial charge in [0.1, 0.15) is 11.4 Å². The molecule has 220 valence electrons. The normalized spacial score (nSPS) is 10.4. The second kappa shape index (κ2) is 14.7. The Morgan fingerprint density at radius 2 is 1.47 bits per heavy atom. The number of benzene rings is 3. The summed E-state index contributed by atoms with van der Waals surface area (Å²) in [5.41, 5.74) is 3.54. The topological polar surface area (TPSA) is 180 Å². The van der Waals surface area contributed by atoms with Crippen LogP contribution in [0.25, 0.3) is 0 Å². The number of thioether (sulfide) groups is 1. The van der Waals surface area contributed by atoms with Crippen LogP contribution in [0.15, 0.2) is 99.7 Å². The number of H-pyrrole nitrogens is 1. The van der Waals surface area contributed by atoms with Gasteiger partial charge in [0.2, 0.25) is 15.8 Å². The Kier molecular flexibility index (Phi) is 10.6. The van der Waals surface area contributed by atoms with Gasteiger partial charge in [-0.25, -0.2) is 0 Å². The second-order valence-electron chi connectivity index (χ2n) is 9.29. The Labute approximate surface area is 255 Å². The Morgan fingerprint density at radius 3 is 2.09 bits per heavy atom. The van der Waals surface area contributed by atoms with Crippen molar-refractivity contribution in [2.24, 2.45) is 0 Å². The van der Waals surface area contributed by atoms with Gasteiger partial charge in [0.15, 0.2) is 0 Å². The third-order valence-electron chi connectivity index (χ3n) is 5.96. The van der Waals surface area contributed by atoms with E-state index in [9.17, 15) is 14.4 Å². The Hall–Kier alpha value is -5.08. The number of amides is 1. The van der Waals surface area contributed by atoms with Crippen molar-refractivity contribution in [3.8, 4) is 0 Å². The van der Waals surface area contributed by atoms with Crippen LogP contribution in [0.4, 0.5) is 5.69 Å². The molecule has 0 saturated heterocycles. The lowest BCUT2D eigenvalue weighted by Gasteiger charge is -2.08. The molecule has 1 amide bonds. The van der Waals surface area contributed by atoms with Gasteiger partial charge in [-0.05, 0) is 48.0 Å². The van der Waals surface area contributed by atoms with Gasteiger partial charge in [0.25, 0.3) is 11.1 Å². The molecule has 0 atom stereocenters. The number of nitrogens with zero attached hydrogens (tertiary/aromatic N) is 5. The number of nitrogen functional groups attached to an aromatic ring is 2. The minimum Gasteiger partial charge on any atom is -0.334 e. The third kappa shape index (κ3) is 8.70. The van der Waals surface area contributed by atoms with Crippen molar-refractivity contribution in [2.75, 3.05) is 22.8 Å². The summed E-state index contributed by atoms with van der Waals surface area (Å²) < 4.78 is 1.94. The lowest BCUT2D eigenvalue weighted by molar-refractivity contribution is -0.113. The molecule has 43 heavy (non-hydrogen) atoms. The monoisotopic (exact) mass is 615 g/mol. The van der Waals surface area contributed by atoms with E-state index >= 15 is 0 Å². The van der Waals surface area contributed by atoms with Gasteiger partial charge in [0.05, 0.1) is 5.75 Å². The van der Waals surface area contributed by atoms with Crippen molar-refractivity contribution in [3.05, 3.63) is 138 Å². The number of nitrogens with two attached hydrogens (primary N) is 2. The molecule has 0 aliphatic heterocycles. The first-order chi connectivity index (χ1) is 20.7. The minimum absolute atomic E-state index is 0.0668. The average Bonchev–Trinajstić information content (AvgIpc) is 3.01. The third-order valence-corrected chi connectivity index (χ3v) is 7.19. The standard InChI is InChI=1S/C19H19N5O2S.C10H10N4OS/c1-13-6-5-9-15(10-13)21-17(25)12-27-19-23-22-16(18(26)24(19)20)11-14-7-3-2-4-8-14;11-14-9(15)8(12-13-10(14)16)6-7-4-2-1-3-5-7/h2-10H,11-12,20H2,1H3,(H,21,25);1-5H,6,11H2,(H,13,16). The first-order valence-electron chi connectivity index (χ1n) is 13.0. The van der Waals surface area contributed by atoms with E-state index in [-0.39, 0.29) is 32.8 Å². The summed E-state index contributed by atoms with van der Waals surface area (Å²) in [6.45, 7) is 1.95. The highest BCUT2D eigenvalue weighted by Crippen LogP contribution is 2.14. The summed E-state index contributed by atoms with van der Waals surface area (Å²) in [5, 5.41) is 17.4. The predicted octanol–water partition coefficient (Wildman–Crippen LogP) is 2.59. The number of aromatic amines is 1. The van der Waals surface area contributed by atoms with Gasteiger partial charge in [-0.3, -0.25) is 19.5 Å². The van der Waals surface area contributed by atoms with E-state index in [1.165, 1.54) is 0 Å². The molecule has 2 heterocycles. The number of aryl methyl sites for hydroxylation is 1. The van der Waals surface area contributed by atoms with Gasteiger partial charge < -0.3 is 17.0 Å². The van der Waals surface area contributed by atoms with Gasteiger partial charge >= 0.3 is 0 Å². The number of rotatable bonds is 8. The molecule has 0 saturated carbocycles. The summed E-state index contributed by atoms with van der Waals surface area (Å²) in [6, 6.07) is 26.6. The molecule has 6 N–H and O–H groups in total. The zero-order chi connectivity index (χ0) is 30.8. The van der Waals surface area contributed by atoms with Crippen LogP contribution in [-0.2, 0) is 17.6 Å². The van der Waals surface area contributed by atoms with Crippen LogP contribution in [0.5, 0.6) is 0 Å². The van der Waals surface area contributed by atoms with E-state index in [1.54, 1.807) is 0 Å². The predicted molar refractivity (Wildman–Crippen MR) is 169 cm³/mol. The Bertz CT molecular complexity index is 1870. The van der Waals surface area contributed by atoms with E-state index in [1.807, 2.05) is 91.9 Å². The lowest BCUT2D eigenvalue weighted by atomic mass is 10.1. The molecule has 0 spiro atoms. The molecule has 0 unspecified atom stereocenters. The van der Waals surface area contributed by atoms with Crippen LogP contribution >= 0.6 is 24.0 Å².